The fraction of sp³-hybridized carbons (Fsp3) is 0.333. The number of hydrogen-bond acceptors (Lipinski definition) is 6. The van der Waals surface area contributed by atoms with Crippen LogP contribution in [-0.2, 0) is 18.3 Å². The summed E-state index contributed by atoms with van der Waals surface area (Å²) in [5.74, 6) is -0.342. The molecule has 3 N–H and O–H groups in total. The first-order valence-corrected chi connectivity index (χ1v) is 13.1. The molecular formula is C27H30N6O2S. The molecule has 4 aromatic rings. The van der Waals surface area contributed by atoms with Crippen molar-refractivity contribution in [1.29, 1.82) is 0 Å². The van der Waals surface area contributed by atoms with E-state index in [1.54, 1.807) is 16.0 Å². The molecule has 0 saturated carbocycles. The second-order valence-electron chi connectivity index (χ2n) is 9.36. The van der Waals surface area contributed by atoms with E-state index in [0.717, 1.165) is 66.2 Å². The maximum Gasteiger partial charge on any atom is 0.256 e. The Labute approximate surface area is 214 Å². The van der Waals surface area contributed by atoms with E-state index in [-0.39, 0.29) is 17.7 Å². The Morgan fingerprint density at radius 3 is 2.58 bits per heavy atom. The Morgan fingerprint density at radius 2 is 1.92 bits per heavy atom. The number of amides is 2. The highest BCUT2D eigenvalue weighted by atomic mass is 32.1. The largest absolute Gasteiger partial charge is 0.369 e. The Balaban J connectivity index is 1.28. The summed E-state index contributed by atoms with van der Waals surface area (Å²) in [7, 11) is 1.85. The lowest BCUT2D eigenvalue weighted by molar-refractivity contribution is -0.123. The highest BCUT2D eigenvalue weighted by Gasteiger charge is 2.23. The van der Waals surface area contributed by atoms with Gasteiger partial charge in [0, 0.05) is 25.2 Å². The molecule has 8 nitrogen and oxygen atoms in total. The number of fused-ring (bicyclic) bond motifs is 1. The number of piperidine rings is 1. The molecule has 1 aromatic carbocycles. The highest BCUT2D eigenvalue weighted by molar-refractivity contribution is 7.13. The molecule has 0 spiro atoms. The fourth-order valence-corrected chi connectivity index (χ4v) is 5.54. The van der Waals surface area contributed by atoms with Gasteiger partial charge in [-0.15, -0.1) is 11.3 Å². The number of likely N-dealkylation sites (tertiary alicyclic amines) is 1. The van der Waals surface area contributed by atoms with Crippen molar-refractivity contribution in [2.24, 2.45) is 18.7 Å². The van der Waals surface area contributed by atoms with Crippen molar-refractivity contribution >= 4 is 39.9 Å². The molecule has 9 heteroatoms. The van der Waals surface area contributed by atoms with Crippen LogP contribution in [0, 0.1) is 12.8 Å². The van der Waals surface area contributed by atoms with Gasteiger partial charge in [0.05, 0.1) is 27.2 Å². The summed E-state index contributed by atoms with van der Waals surface area (Å²) in [5.41, 5.74) is 10.2. The molecule has 1 fully saturated rings. The van der Waals surface area contributed by atoms with Crippen LogP contribution in [0.15, 0.2) is 47.8 Å². The normalized spacial score (nSPS) is 14.8. The summed E-state index contributed by atoms with van der Waals surface area (Å²) in [4.78, 5) is 32.9. The molecule has 1 aliphatic rings. The van der Waals surface area contributed by atoms with E-state index < -0.39 is 0 Å². The molecule has 4 heterocycles. The molecule has 0 bridgehead atoms. The van der Waals surface area contributed by atoms with Crippen LogP contribution in [0.1, 0.15) is 34.5 Å². The number of rotatable bonds is 7. The third-order valence-electron chi connectivity index (χ3n) is 6.91. The van der Waals surface area contributed by atoms with Crippen LogP contribution in [0.4, 0.5) is 5.69 Å². The first kappa shape index (κ1) is 24.1. The number of nitrogens with zero attached hydrogens (tertiary/aromatic N) is 4. The molecule has 1 saturated heterocycles. The highest BCUT2D eigenvalue weighted by Crippen LogP contribution is 2.30. The number of aromatic nitrogens is 3. The smallest absolute Gasteiger partial charge is 0.256 e. The number of benzene rings is 1. The number of aryl methyl sites for hydroxylation is 2. The minimum absolute atomic E-state index is 0.0163. The molecule has 0 aliphatic carbocycles. The Hall–Kier alpha value is -3.56. The molecule has 0 unspecified atom stereocenters. The standard InChI is InChI=1S/C27H30N6O2S/c1-17-24-21(16-22(23-4-3-15-36-23)30-26(24)32(2)31-17)27(35)29-20-7-5-18(6-8-20)9-12-33-13-10-19(11-14-33)25(28)34/h3-8,15-16,19H,9-14H2,1-2H3,(H2,28,34)(H,29,35). The van der Waals surface area contributed by atoms with E-state index in [2.05, 4.69) is 27.4 Å². The first-order valence-electron chi connectivity index (χ1n) is 12.2. The maximum absolute atomic E-state index is 13.4. The van der Waals surface area contributed by atoms with Crippen LogP contribution < -0.4 is 11.1 Å². The van der Waals surface area contributed by atoms with Gasteiger partial charge in [0.25, 0.3) is 5.91 Å². The Morgan fingerprint density at radius 1 is 1.17 bits per heavy atom. The zero-order valence-electron chi connectivity index (χ0n) is 20.5. The predicted molar refractivity (Wildman–Crippen MR) is 143 cm³/mol. The second kappa shape index (κ2) is 10.2. The summed E-state index contributed by atoms with van der Waals surface area (Å²) in [5, 5.41) is 10.3. The van der Waals surface area contributed by atoms with Crippen LogP contribution >= 0.6 is 11.3 Å². The Kier molecular flexibility index (Phi) is 6.84. The number of carbonyl (C=O) groups is 2. The summed E-state index contributed by atoms with van der Waals surface area (Å²) >= 11 is 1.59. The summed E-state index contributed by atoms with van der Waals surface area (Å²) in [6, 6.07) is 13.8. The van der Waals surface area contributed by atoms with E-state index >= 15 is 0 Å². The lowest BCUT2D eigenvalue weighted by Gasteiger charge is -2.30. The average Bonchev–Trinajstić information content (AvgIpc) is 3.52. The van der Waals surface area contributed by atoms with Crippen LogP contribution in [0.25, 0.3) is 21.6 Å². The number of carbonyl (C=O) groups excluding carboxylic acids is 2. The van der Waals surface area contributed by atoms with Crippen LogP contribution in [0.2, 0.25) is 0 Å². The minimum Gasteiger partial charge on any atom is -0.369 e. The predicted octanol–water partition coefficient (Wildman–Crippen LogP) is 4.00. The van der Waals surface area contributed by atoms with Gasteiger partial charge in [-0.25, -0.2) is 4.98 Å². The zero-order valence-corrected chi connectivity index (χ0v) is 21.3. The second-order valence-corrected chi connectivity index (χ2v) is 10.3. The lowest BCUT2D eigenvalue weighted by Crippen LogP contribution is -2.39. The topological polar surface area (TPSA) is 106 Å². The van der Waals surface area contributed by atoms with Gasteiger partial charge >= 0.3 is 0 Å². The summed E-state index contributed by atoms with van der Waals surface area (Å²) in [6.45, 7) is 4.65. The van der Waals surface area contributed by atoms with Crippen LogP contribution in [0.5, 0.6) is 0 Å². The van der Waals surface area contributed by atoms with Gasteiger partial charge in [-0.05, 0) is 74.5 Å². The number of primary amides is 1. The number of nitrogens with one attached hydrogen (secondary N) is 1. The van der Waals surface area contributed by atoms with Crippen molar-refractivity contribution < 1.29 is 9.59 Å². The van der Waals surface area contributed by atoms with E-state index in [1.807, 2.05) is 49.7 Å². The number of anilines is 1. The molecule has 2 amide bonds. The molecule has 3 aromatic heterocycles. The van der Waals surface area contributed by atoms with E-state index in [0.29, 0.717) is 11.2 Å². The Bertz CT molecular complexity index is 1390. The van der Waals surface area contributed by atoms with Crippen LogP contribution in [-0.4, -0.2) is 51.1 Å². The monoisotopic (exact) mass is 502 g/mol. The van der Waals surface area contributed by atoms with E-state index in [4.69, 9.17) is 10.7 Å². The third kappa shape index (κ3) is 5.03. The van der Waals surface area contributed by atoms with Crippen molar-refractivity contribution in [1.82, 2.24) is 19.7 Å². The molecule has 36 heavy (non-hydrogen) atoms. The van der Waals surface area contributed by atoms with Crippen molar-refractivity contribution in [2.75, 3.05) is 25.0 Å². The quantitative estimate of drug-likeness (QED) is 0.397. The van der Waals surface area contributed by atoms with Crippen LogP contribution in [0.3, 0.4) is 0 Å². The van der Waals surface area contributed by atoms with E-state index in [1.165, 1.54) is 5.56 Å². The maximum atomic E-state index is 13.4. The third-order valence-corrected chi connectivity index (χ3v) is 7.80. The van der Waals surface area contributed by atoms with Gasteiger partial charge in [0.1, 0.15) is 0 Å². The van der Waals surface area contributed by atoms with Gasteiger partial charge in [0.2, 0.25) is 5.91 Å². The van der Waals surface area contributed by atoms with Crippen molar-refractivity contribution in [3.63, 3.8) is 0 Å². The number of pyridine rings is 1. The summed E-state index contributed by atoms with van der Waals surface area (Å²) < 4.78 is 1.73. The van der Waals surface area contributed by atoms with Crippen molar-refractivity contribution in [3.8, 4) is 10.6 Å². The van der Waals surface area contributed by atoms with Gasteiger partial charge in [-0.2, -0.15) is 5.10 Å². The molecular weight excluding hydrogens is 472 g/mol. The molecule has 186 valence electrons. The van der Waals surface area contributed by atoms with E-state index in [9.17, 15) is 9.59 Å². The number of nitrogens with two attached hydrogens (primary N) is 1. The minimum atomic E-state index is -0.179. The van der Waals surface area contributed by atoms with Gasteiger partial charge in [-0.1, -0.05) is 18.2 Å². The summed E-state index contributed by atoms with van der Waals surface area (Å²) in [6.07, 6.45) is 2.60. The first-order chi connectivity index (χ1) is 17.4. The molecule has 1 aliphatic heterocycles. The van der Waals surface area contributed by atoms with Crippen molar-refractivity contribution in [2.45, 2.75) is 26.2 Å². The molecule has 5 rings (SSSR count). The SMILES string of the molecule is Cc1nn(C)c2nc(-c3cccs3)cc(C(=O)Nc3ccc(CCN4CCC(C(N)=O)CC4)cc3)c12. The fourth-order valence-electron chi connectivity index (χ4n) is 4.86. The number of hydrogen-bond donors (Lipinski definition) is 2. The van der Waals surface area contributed by atoms with Gasteiger partial charge < -0.3 is 16.0 Å². The van der Waals surface area contributed by atoms with Gasteiger partial charge in [0.15, 0.2) is 5.65 Å². The zero-order chi connectivity index (χ0) is 25.2. The lowest BCUT2D eigenvalue weighted by atomic mass is 9.96. The molecule has 0 radical (unpaired) electrons. The average molecular weight is 503 g/mol. The molecule has 0 atom stereocenters. The van der Waals surface area contributed by atoms with Gasteiger partial charge in [-0.3, -0.25) is 14.3 Å². The number of thiophene rings is 1. The van der Waals surface area contributed by atoms with Crippen molar-refractivity contribution in [3.05, 3.63) is 64.7 Å².